The van der Waals surface area contributed by atoms with Gasteiger partial charge >= 0.3 is 0 Å². The number of hydrogen-bond donors (Lipinski definition) is 2. The number of amides is 1. The molecule has 2 rings (SSSR count). The number of carbonyl (C=O) groups excluding carboxylic acids is 1. The smallest absolute Gasteiger partial charge is 0.251 e. The van der Waals surface area contributed by atoms with Crippen LogP contribution in [0.15, 0.2) is 23.1 Å². The summed E-state index contributed by atoms with van der Waals surface area (Å²) < 4.78 is 31.2. The fourth-order valence-electron chi connectivity index (χ4n) is 2.48. The molecule has 0 atom stereocenters. The quantitative estimate of drug-likeness (QED) is 0.857. The first-order valence-electron chi connectivity index (χ1n) is 6.90. The molecule has 0 saturated heterocycles. The van der Waals surface area contributed by atoms with Crippen LogP contribution in [-0.2, 0) is 10.0 Å². The monoisotopic (exact) mass is 312 g/mol. The van der Waals surface area contributed by atoms with E-state index in [2.05, 4.69) is 10.0 Å². The van der Waals surface area contributed by atoms with Crippen molar-refractivity contribution in [3.05, 3.63) is 23.8 Å². The Morgan fingerprint density at radius 1 is 1.29 bits per heavy atom. The van der Waals surface area contributed by atoms with Crippen molar-refractivity contribution < 1.29 is 17.9 Å². The maximum atomic E-state index is 12.2. The third kappa shape index (κ3) is 3.54. The lowest BCUT2D eigenvalue weighted by molar-refractivity contribution is 0.0937. The number of carbonyl (C=O) groups is 1. The van der Waals surface area contributed by atoms with Crippen molar-refractivity contribution in [2.24, 2.45) is 0 Å². The molecule has 1 aliphatic rings. The second kappa shape index (κ2) is 6.44. The molecule has 2 N–H and O–H groups in total. The molecule has 0 heterocycles. The average Bonchev–Trinajstić information content (AvgIpc) is 2.99. The van der Waals surface area contributed by atoms with Gasteiger partial charge in [-0.2, -0.15) is 0 Å². The minimum Gasteiger partial charge on any atom is -0.495 e. The van der Waals surface area contributed by atoms with Crippen LogP contribution < -0.4 is 14.8 Å². The second-order valence-electron chi connectivity index (χ2n) is 5.03. The van der Waals surface area contributed by atoms with E-state index in [4.69, 9.17) is 4.74 Å². The summed E-state index contributed by atoms with van der Waals surface area (Å²) in [6, 6.07) is 4.59. The summed E-state index contributed by atoms with van der Waals surface area (Å²) in [5, 5.41) is 2.93. The molecule has 116 valence electrons. The van der Waals surface area contributed by atoms with Gasteiger partial charge in [0.15, 0.2) is 0 Å². The largest absolute Gasteiger partial charge is 0.495 e. The van der Waals surface area contributed by atoms with Gasteiger partial charge in [-0.25, -0.2) is 13.1 Å². The molecule has 1 aliphatic carbocycles. The van der Waals surface area contributed by atoms with Crippen molar-refractivity contribution in [1.82, 2.24) is 10.0 Å². The maximum absolute atomic E-state index is 12.2. The first-order valence-corrected chi connectivity index (χ1v) is 8.38. The van der Waals surface area contributed by atoms with Gasteiger partial charge in [0.2, 0.25) is 10.0 Å². The van der Waals surface area contributed by atoms with E-state index in [-0.39, 0.29) is 22.6 Å². The number of sulfonamides is 1. The summed E-state index contributed by atoms with van der Waals surface area (Å²) in [5.41, 5.74) is 0.316. The lowest BCUT2D eigenvalue weighted by Gasteiger charge is -2.14. The Labute approximate surface area is 124 Å². The molecule has 21 heavy (non-hydrogen) atoms. The number of nitrogens with one attached hydrogen (secondary N) is 2. The van der Waals surface area contributed by atoms with E-state index < -0.39 is 10.0 Å². The summed E-state index contributed by atoms with van der Waals surface area (Å²) in [4.78, 5) is 12.2. The standard InChI is InChI=1S/C14H20N2O4S/c1-15-21(18,19)13-9-10(7-8-12(13)20-2)14(17)16-11-5-3-4-6-11/h7-9,11,15H,3-6H2,1-2H3,(H,16,17). The predicted octanol–water partition coefficient (Wildman–Crippen LogP) is 1.28. The van der Waals surface area contributed by atoms with Crippen LogP contribution in [0.5, 0.6) is 5.75 Å². The van der Waals surface area contributed by atoms with Gasteiger partial charge in [0.05, 0.1) is 7.11 Å². The van der Waals surface area contributed by atoms with Gasteiger partial charge in [-0.3, -0.25) is 4.79 Å². The zero-order valence-electron chi connectivity index (χ0n) is 12.2. The normalized spacial score (nSPS) is 15.9. The number of methoxy groups -OCH3 is 1. The van der Waals surface area contributed by atoms with E-state index >= 15 is 0 Å². The van der Waals surface area contributed by atoms with Crippen LogP contribution in [0.1, 0.15) is 36.0 Å². The molecule has 7 heteroatoms. The van der Waals surface area contributed by atoms with Crippen LogP contribution >= 0.6 is 0 Å². The Morgan fingerprint density at radius 3 is 2.52 bits per heavy atom. The summed E-state index contributed by atoms with van der Waals surface area (Å²) in [6.07, 6.45) is 4.19. The van der Waals surface area contributed by atoms with Crippen molar-refractivity contribution in [2.75, 3.05) is 14.2 Å². The summed E-state index contributed by atoms with van der Waals surface area (Å²) in [6.45, 7) is 0. The SMILES string of the molecule is CNS(=O)(=O)c1cc(C(=O)NC2CCCC2)ccc1OC. The molecule has 0 radical (unpaired) electrons. The van der Waals surface area contributed by atoms with Gasteiger partial charge in [-0.1, -0.05) is 12.8 Å². The highest BCUT2D eigenvalue weighted by molar-refractivity contribution is 7.89. The Hall–Kier alpha value is -1.60. The molecule has 1 fully saturated rings. The van der Waals surface area contributed by atoms with Gasteiger partial charge in [-0.05, 0) is 38.1 Å². The number of ether oxygens (including phenoxy) is 1. The van der Waals surface area contributed by atoms with Gasteiger partial charge in [0.25, 0.3) is 5.91 Å². The maximum Gasteiger partial charge on any atom is 0.251 e. The van der Waals surface area contributed by atoms with Crippen molar-refractivity contribution in [1.29, 1.82) is 0 Å². The number of rotatable bonds is 5. The van der Waals surface area contributed by atoms with Gasteiger partial charge in [-0.15, -0.1) is 0 Å². The Morgan fingerprint density at radius 2 is 1.95 bits per heavy atom. The summed E-state index contributed by atoms with van der Waals surface area (Å²) in [7, 11) is -0.969. The molecule has 0 spiro atoms. The Kier molecular flexibility index (Phi) is 4.84. The Balaban J connectivity index is 2.28. The molecule has 1 aromatic carbocycles. The van der Waals surface area contributed by atoms with E-state index in [1.54, 1.807) is 6.07 Å². The first-order chi connectivity index (χ1) is 9.97. The van der Waals surface area contributed by atoms with Crippen molar-refractivity contribution in [3.8, 4) is 5.75 Å². The number of benzene rings is 1. The van der Waals surface area contributed by atoms with Crippen LogP contribution in [-0.4, -0.2) is 34.5 Å². The fraction of sp³-hybridized carbons (Fsp3) is 0.500. The molecular weight excluding hydrogens is 292 g/mol. The van der Waals surface area contributed by atoms with E-state index in [1.165, 1.54) is 26.3 Å². The lowest BCUT2D eigenvalue weighted by atomic mass is 10.1. The van der Waals surface area contributed by atoms with Crippen LogP contribution in [0.4, 0.5) is 0 Å². The van der Waals surface area contributed by atoms with Crippen LogP contribution in [0.2, 0.25) is 0 Å². The van der Waals surface area contributed by atoms with Gasteiger partial charge < -0.3 is 10.1 Å². The molecule has 0 bridgehead atoms. The van der Waals surface area contributed by atoms with Crippen LogP contribution in [0, 0.1) is 0 Å². The fourth-order valence-corrected chi connectivity index (χ4v) is 3.40. The molecule has 0 aliphatic heterocycles. The van der Waals surface area contributed by atoms with E-state index in [9.17, 15) is 13.2 Å². The molecule has 1 saturated carbocycles. The van der Waals surface area contributed by atoms with E-state index in [0.717, 1.165) is 25.7 Å². The number of hydrogen-bond acceptors (Lipinski definition) is 4. The summed E-state index contributed by atoms with van der Waals surface area (Å²) in [5.74, 6) is -0.0427. The summed E-state index contributed by atoms with van der Waals surface area (Å²) >= 11 is 0. The average molecular weight is 312 g/mol. The molecule has 0 aromatic heterocycles. The zero-order chi connectivity index (χ0) is 15.5. The lowest BCUT2D eigenvalue weighted by Crippen LogP contribution is -2.32. The molecule has 0 unspecified atom stereocenters. The minimum atomic E-state index is -3.68. The molecular formula is C14H20N2O4S. The third-order valence-electron chi connectivity index (χ3n) is 3.67. The third-order valence-corrected chi connectivity index (χ3v) is 5.11. The zero-order valence-corrected chi connectivity index (χ0v) is 13.0. The highest BCUT2D eigenvalue weighted by Gasteiger charge is 2.22. The van der Waals surface area contributed by atoms with Gasteiger partial charge in [0.1, 0.15) is 10.6 Å². The first kappa shape index (κ1) is 15.8. The topological polar surface area (TPSA) is 84.5 Å². The molecule has 1 aromatic rings. The highest BCUT2D eigenvalue weighted by atomic mass is 32.2. The van der Waals surface area contributed by atoms with Gasteiger partial charge in [0, 0.05) is 11.6 Å². The van der Waals surface area contributed by atoms with Crippen LogP contribution in [0.3, 0.4) is 0 Å². The van der Waals surface area contributed by atoms with Crippen molar-refractivity contribution >= 4 is 15.9 Å². The van der Waals surface area contributed by atoms with Crippen LogP contribution in [0.25, 0.3) is 0 Å². The predicted molar refractivity (Wildman–Crippen MR) is 79.0 cm³/mol. The molecule has 6 nitrogen and oxygen atoms in total. The minimum absolute atomic E-state index is 0.0356. The van der Waals surface area contributed by atoms with Crippen molar-refractivity contribution in [3.63, 3.8) is 0 Å². The Bertz CT molecular complexity index is 622. The van der Waals surface area contributed by atoms with E-state index in [1.807, 2.05) is 0 Å². The van der Waals surface area contributed by atoms with E-state index in [0.29, 0.717) is 5.56 Å². The van der Waals surface area contributed by atoms with Crippen molar-refractivity contribution in [2.45, 2.75) is 36.6 Å². The highest BCUT2D eigenvalue weighted by Crippen LogP contribution is 2.25. The second-order valence-corrected chi connectivity index (χ2v) is 6.88. The molecule has 1 amide bonds.